The van der Waals surface area contributed by atoms with Gasteiger partial charge < -0.3 is 15.5 Å². The molecule has 0 aliphatic carbocycles. The number of β-amino-alcohol motifs (C(OH)–C–C–N with tert-alkyl or cyclic N) is 1. The van der Waals surface area contributed by atoms with Crippen molar-refractivity contribution in [3.05, 3.63) is 29.6 Å². The van der Waals surface area contributed by atoms with E-state index >= 15 is 0 Å². The van der Waals surface area contributed by atoms with Crippen molar-refractivity contribution in [1.82, 2.24) is 5.32 Å². The summed E-state index contributed by atoms with van der Waals surface area (Å²) in [5.74, 6) is -0.198. The van der Waals surface area contributed by atoms with E-state index in [4.69, 9.17) is 5.11 Å². The van der Waals surface area contributed by atoms with Gasteiger partial charge in [-0.15, -0.1) is 11.8 Å². The van der Waals surface area contributed by atoms with Gasteiger partial charge in [-0.05, 0) is 44.2 Å². The summed E-state index contributed by atoms with van der Waals surface area (Å²) in [7, 11) is 0. The topological polar surface area (TPSA) is 52.5 Å². The highest BCUT2D eigenvalue weighted by Gasteiger charge is 2.19. The molecule has 108 valence electrons. The summed E-state index contributed by atoms with van der Waals surface area (Å²) < 4.78 is 13.7. The molecule has 0 saturated heterocycles. The van der Waals surface area contributed by atoms with Crippen LogP contribution in [0.4, 0.5) is 4.39 Å². The summed E-state index contributed by atoms with van der Waals surface area (Å²) in [6, 6.07) is 5.26. The zero-order valence-electron chi connectivity index (χ0n) is 11.6. The maximum absolute atomic E-state index is 13.7. The Kier molecular flexibility index (Phi) is 6.26. The Morgan fingerprint density at radius 3 is 2.63 bits per heavy atom. The van der Waals surface area contributed by atoms with Gasteiger partial charge in [-0.3, -0.25) is 0 Å². The van der Waals surface area contributed by atoms with Crippen LogP contribution in [0.15, 0.2) is 23.1 Å². The fraction of sp³-hybridized carbons (Fsp3) is 0.571. The Labute approximate surface area is 118 Å². The first-order valence-corrected chi connectivity index (χ1v) is 7.47. The van der Waals surface area contributed by atoms with Gasteiger partial charge in [-0.25, -0.2) is 4.39 Å². The number of benzene rings is 1. The molecule has 1 rings (SSSR count). The largest absolute Gasteiger partial charge is 0.394 e. The van der Waals surface area contributed by atoms with E-state index in [1.807, 2.05) is 26.2 Å². The number of thioether (sulfide) groups is 1. The third-order valence-corrected chi connectivity index (χ3v) is 3.66. The molecule has 0 unspecified atom stereocenters. The normalized spacial score (nSPS) is 13.6. The number of hydrogen-bond donors (Lipinski definition) is 3. The molecule has 3 N–H and O–H groups in total. The van der Waals surface area contributed by atoms with Gasteiger partial charge in [-0.1, -0.05) is 6.07 Å². The predicted molar refractivity (Wildman–Crippen MR) is 77.1 cm³/mol. The van der Waals surface area contributed by atoms with Crippen LogP contribution in [0.2, 0.25) is 0 Å². The molecule has 19 heavy (non-hydrogen) atoms. The number of hydrogen-bond acceptors (Lipinski definition) is 4. The lowest BCUT2D eigenvalue weighted by Crippen LogP contribution is -2.45. The molecule has 0 aliphatic rings. The average molecular weight is 287 g/mol. The maximum atomic E-state index is 13.7. The molecule has 0 amide bonds. The second-order valence-corrected chi connectivity index (χ2v) is 6.09. The molecular formula is C14H22FNO2S. The highest BCUT2D eigenvalue weighted by molar-refractivity contribution is 7.98. The van der Waals surface area contributed by atoms with Crippen LogP contribution in [0.5, 0.6) is 0 Å². The summed E-state index contributed by atoms with van der Waals surface area (Å²) in [5, 5.41) is 21.3. The van der Waals surface area contributed by atoms with E-state index in [0.717, 1.165) is 5.56 Å². The molecule has 1 atom stereocenters. The minimum atomic E-state index is -0.769. The first-order valence-electron chi connectivity index (χ1n) is 6.24. The van der Waals surface area contributed by atoms with Gasteiger partial charge in [0.15, 0.2) is 0 Å². The fourth-order valence-electron chi connectivity index (χ4n) is 1.85. The van der Waals surface area contributed by atoms with E-state index in [9.17, 15) is 9.50 Å². The molecule has 5 heteroatoms. The Balaban J connectivity index is 2.64. The van der Waals surface area contributed by atoms with Crippen LogP contribution in [0, 0.1) is 5.82 Å². The molecular weight excluding hydrogens is 265 g/mol. The summed E-state index contributed by atoms with van der Waals surface area (Å²) in [6.45, 7) is 4.02. The molecule has 3 nitrogen and oxygen atoms in total. The zero-order chi connectivity index (χ0) is 14.5. The summed E-state index contributed by atoms with van der Waals surface area (Å²) in [5.41, 5.74) is 0.634. The number of rotatable bonds is 7. The molecule has 0 radical (unpaired) electrons. The average Bonchev–Trinajstić information content (AvgIpc) is 2.36. The van der Waals surface area contributed by atoms with Crippen LogP contribution in [-0.2, 0) is 6.42 Å². The second-order valence-electron chi connectivity index (χ2n) is 5.25. The Hall–Kier alpha value is -0.620. The van der Waals surface area contributed by atoms with Gasteiger partial charge in [0.2, 0.25) is 0 Å². The number of halogens is 1. The second kappa shape index (κ2) is 7.24. The molecule has 0 spiro atoms. The maximum Gasteiger partial charge on any atom is 0.137 e. The Morgan fingerprint density at radius 2 is 2.11 bits per heavy atom. The summed E-state index contributed by atoms with van der Waals surface area (Å²) >= 11 is 1.39. The van der Waals surface area contributed by atoms with E-state index in [2.05, 4.69) is 5.32 Å². The van der Waals surface area contributed by atoms with E-state index in [1.165, 1.54) is 11.8 Å². The van der Waals surface area contributed by atoms with Crippen molar-refractivity contribution < 1.29 is 14.6 Å². The Morgan fingerprint density at radius 1 is 1.42 bits per heavy atom. The van der Waals surface area contributed by atoms with Crippen molar-refractivity contribution in [2.24, 2.45) is 0 Å². The molecule has 1 aromatic rings. The monoisotopic (exact) mass is 287 g/mol. The van der Waals surface area contributed by atoms with Gasteiger partial charge in [0, 0.05) is 17.0 Å². The SMILES string of the molecule is CSc1ccc(CC(C)(C)NC[C@@H](O)CO)cc1F. The first-order chi connectivity index (χ1) is 8.88. The third kappa shape index (κ3) is 5.48. The van der Waals surface area contributed by atoms with Crippen molar-refractivity contribution in [3.63, 3.8) is 0 Å². The van der Waals surface area contributed by atoms with E-state index in [0.29, 0.717) is 17.9 Å². The van der Waals surface area contributed by atoms with Crippen molar-refractivity contribution in [3.8, 4) is 0 Å². The van der Waals surface area contributed by atoms with Crippen LogP contribution in [0.1, 0.15) is 19.4 Å². The number of aliphatic hydroxyl groups excluding tert-OH is 2. The van der Waals surface area contributed by atoms with Crippen molar-refractivity contribution in [2.45, 2.75) is 36.8 Å². The lowest BCUT2D eigenvalue weighted by molar-refractivity contribution is 0.0877. The van der Waals surface area contributed by atoms with E-state index in [-0.39, 0.29) is 18.0 Å². The lowest BCUT2D eigenvalue weighted by Gasteiger charge is -2.27. The van der Waals surface area contributed by atoms with Crippen molar-refractivity contribution in [2.75, 3.05) is 19.4 Å². The van der Waals surface area contributed by atoms with E-state index in [1.54, 1.807) is 12.1 Å². The number of nitrogens with one attached hydrogen (secondary N) is 1. The summed E-state index contributed by atoms with van der Waals surface area (Å²) in [6.07, 6.45) is 1.73. The molecule has 0 saturated carbocycles. The van der Waals surface area contributed by atoms with Gasteiger partial charge in [0.25, 0.3) is 0 Å². The van der Waals surface area contributed by atoms with Crippen LogP contribution in [0.3, 0.4) is 0 Å². The van der Waals surface area contributed by atoms with Crippen molar-refractivity contribution in [1.29, 1.82) is 0 Å². The molecule has 0 aromatic heterocycles. The molecule has 0 aliphatic heterocycles. The van der Waals surface area contributed by atoms with Gasteiger partial charge in [0.1, 0.15) is 5.82 Å². The van der Waals surface area contributed by atoms with Gasteiger partial charge >= 0.3 is 0 Å². The molecule has 0 fully saturated rings. The third-order valence-electron chi connectivity index (χ3n) is 2.89. The predicted octanol–water partition coefficient (Wildman–Crippen LogP) is 1.81. The smallest absolute Gasteiger partial charge is 0.137 e. The molecule has 0 heterocycles. The van der Waals surface area contributed by atoms with Crippen LogP contribution in [0.25, 0.3) is 0 Å². The minimum absolute atomic E-state index is 0.198. The Bertz CT molecular complexity index is 412. The quantitative estimate of drug-likeness (QED) is 0.670. The highest BCUT2D eigenvalue weighted by atomic mass is 32.2. The standard InChI is InChI=1S/C14H22FNO2S/c1-14(2,16-8-11(18)9-17)7-10-4-5-13(19-3)12(15)6-10/h4-6,11,16-18H,7-9H2,1-3H3/t11-/m1/s1. The first kappa shape index (κ1) is 16.4. The van der Waals surface area contributed by atoms with Crippen LogP contribution >= 0.6 is 11.8 Å². The lowest BCUT2D eigenvalue weighted by atomic mass is 9.94. The van der Waals surface area contributed by atoms with Crippen molar-refractivity contribution >= 4 is 11.8 Å². The zero-order valence-corrected chi connectivity index (χ0v) is 12.4. The van der Waals surface area contributed by atoms with E-state index < -0.39 is 6.10 Å². The molecule has 0 bridgehead atoms. The fourth-order valence-corrected chi connectivity index (χ4v) is 2.31. The van der Waals surface area contributed by atoms with Gasteiger partial charge in [-0.2, -0.15) is 0 Å². The number of aliphatic hydroxyl groups is 2. The minimum Gasteiger partial charge on any atom is -0.394 e. The van der Waals surface area contributed by atoms with Crippen LogP contribution < -0.4 is 5.32 Å². The highest BCUT2D eigenvalue weighted by Crippen LogP contribution is 2.22. The van der Waals surface area contributed by atoms with Crippen LogP contribution in [-0.4, -0.2) is 41.3 Å². The van der Waals surface area contributed by atoms with Gasteiger partial charge in [0.05, 0.1) is 12.7 Å². The summed E-state index contributed by atoms with van der Waals surface area (Å²) in [4.78, 5) is 0.644. The molecule has 1 aromatic carbocycles.